The molecule has 0 aliphatic rings. The number of hydrogen-bond donors (Lipinski definition) is 1. The lowest BCUT2D eigenvalue weighted by Crippen LogP contribution is -2.13. The van der Waals surface area contributed by atoms with E-state index in [4.69, 9.17) is 10.5 Å². The van der Waals surface area contributed by atoms with E-state index in [1.807, 2.05) is 25.1 Å². The standard InChI is InChI=1S/C13H19NO2/c1-10(5-4-8-14)13(15)11-6-3-7-12(9-11)16-2/h3,6-7,9-10H,4-5,8,14H2,1-2H3. The minimum Gasteiger partial charge on any atom is -0.497 e. The van der Waals surface area contributed by atoms with E-state index in [1.54, 1.807) is 13.2 Å². The van der Waals surface area contributed by atoms with Crippen LogP contribution in [0.25, 0.3) is 0 Å². The van der Waals surface area contributed by atoms with Crippen LogP contribution in [0.1, 0.15) is 30.1 Å². The van der Waals surface area contributed by atoms with Crippen LogP contribution in [-0.2, 0) is 0 Å². The lowest BCUT2D eigenvalue weighted by Gasteiger charge is -2.10. The van der Waals surface area contributed by atoms with Crippen molar-refractivity contribution < 1.29 is 9.53 Å². The molecule has 1 aromatic carbocycles. The fourth-order valence-corrected chi connectivity index (χ4v) is 1.62. The van der Waals surface area contributed by atoms with Crippen molar-refractivity contribution in [2.45, 2.75) is 19.8 Å². The number of nitrogens with two attached hydrogens (primary N) is 1. The summed E-state index contributed by atoms with van der Waals surface area (Å²) in [5.74, 6) is 0.903. The Kier molecular flexibility index (Phi) is 4.99. The van der Waals surface area contributed by atoms with Gasteiger partial charge in [0.05, 0.1) is 7.11 Å². The Balaban J connectivity index is 2.71. The first-order chi connectivity index (χ1) is 7.69. The van der Waals surface area contributed by atoms with E-state index >= 15 is 0 Å². The zero-order chi connectivity index (χ0) is 12.0. The molecule has 1 unspecified atom stereocenters. The molecule has 0 heterocycles. The summed E-state index contributed by atoms with van der Waals surface area (Å²) in [4.78, 5) is 12.0. The van der Waals surface area contributed by atoms with E-state index in [0.29, 0.717) is 12.1 Å². The van der Waals surface area contributed by atoms with Crippen LogP contribution in [0.4, 0.5) is 0 Å². The van der Waals surface area contributed by atoms with Crippen molar-refractivity contribution in [3.63, 3.8) is 0 Å². The van der Waals surface area contributed by atoms with E-state index in [-0.39, 0.29) is 11.7 Å². The van der Waals surface area contributed by atoms with Gasteiger partial charge in [-0.15, -0.1) is 0 Å². The lowest BCUT2D eigenvalue weighted by molar-refractivity contribution is 0.0923. The Morgan fingerprint density at radius 1 is 1.50 bits per heavy atom. The summed E-state index contributed by atoms with van der Waals surface area (Å²) in [7, 11) is 1.60. The second-order valence-corrected chi connectivity index (χ2v) is 3.93. The van der Waals surface area contributed by atoms with Crippen molar-refractivity contribution in [1.29, 1.82) is 0 Å². The van der Waals surface area contributed by atoms with Crippen molar-refractivity contribution in [2.24, 2.45) is 11.7 Å². The van der Waals surface area contributed by atoms with E-state index in [2.05, 4.69) is 0 Å². The summed E-state index contributed by atoms with van der Waals surface area (Å²) >= 11 is 0. The molecule has 1 atom stereocenters. The second-order valence-electron chi connectivity index (χ2n) is 3.93. The maximum Gasteiger partial charge on any atom is 0.165 e. The van der Waals surface area contributed by atoms with Crippen molar-refractivity contribution >= 4 is 5.78 Å². The third-order valence-electron chi connectivity index (χ3n) is 2.64. The van der Waals surface area contributed by atoms with Crippen LogP contribution >= 0.6 is 0 Å². The maximum absolute atomic E-state index is 12.0. The molecule has 0 amide bonds. The molecule has 2 N–H and O–H groups in total. The highest BCUT2D eigenvalue weighted by Gasteiger charge is 2.14. The number of hydrogen-bond acceptors (Lipinski definition) is 3. The van der Waals surface area contributed by atoms with Crippen LogP contribution < -0.4 is 10.5 Å². The number of benzene rings is 1. The molecule has 16 heavy (non-hydrogen) atoms. The first kappa shape index (κ1) is 12.7. The van der Waals surface area contributed by atoms with Gasteiger partial charge in [-0.25, -0.2) is 0 Å². The van der Waals surface area contributed by atoms with Crippen LogP contribution in [0, 0.1) is 5.92 Å². The van der Waals surface area contributed by atoms with E-state index in [1.165, 1.54) is 0 Å². The molecule has 0 fully saturated rings. The van der Waals surface area contributed by atoms with E-state index in [0.717, 1.165) is 18.6 Å². The first-order valence-corrected chi connectivity index (χ1v) is 5.57. The van der Waals surface area contributed by atoms with Gasteiger partial charge in [0.2, 0.25) is 0 Å². The highest BCUT2D eigenvalue weighted by Crippen LogP contribution is 2.18. The van der Waals surface area contributed by atoms with Crippen LogP contribution in [-0.4, -0.2) is 19.4 Å². The Morgan fingerprint density at radius 2 is 2.25 bits per heavy atom. The smallest absolute Gasteiger partial charge is 0.165 e. The van der Waals surface area contributed by atoms with Gasteiger partial charge in [-0.1, -0.05) is 19.1 Å². The summed E-state index contributed by atoms with van der Waals surface area (Å²) in [5.41, 5.74) is 6.14. The minimum atomic E-state index is 0.0238. The summed E-state index contributed by atoms with van der Waals surface area (Å²) in [6.07, 6.45) is 1.73. The quantitative estimate of drug-likeness (QED) is 0.750. The SMILES string of the molecule is COc1cccc(C(=O)C(C)CCCN)c1. The van der Waals surface area contributed by atoms with Crippen LogP contribution in [0.3, 0.4) is 0 Å². The van der Waals surface area contributed by atoms with Gasteiger partial charge in [-0.2, -0.15) is 0 Å². The predicted octanol–water partition coefficient (Wildman–Crippen LogP) is 2.25. The highest BCUT2D eigenvalue weighted by molar-refractivity contribution is 5.97. The number of carbonyl (C=O) groups is 1. The van der Waals surface area contributed by atoms with Gasteiger partial charge < -0.3 is 10.5 Å². The third kappa shape index (κ3) is 3.35. The monoisotopic (exact) mass is 221 g/mol. The summed E-state index contributed by atoms with van der Waals surface area (Å²) in [6, 6.07) is 7.27. The predicted molar refractivity (Wildman–Crippen MR) is 64.8 cm³/mol. The summed E-state index contributed by atoms with van der Waals surface area (Å²) < 4.78 is 5.09. The van der Waals surface area contributed by atoms with Gasteiger partial charge >= 0.3 is 0 Å². The molecule has 0 aliphatic carbocycles. The molecule has 0 bridgehead atoms. The molecule has 0 aromatic heterocycles. The average molecular weight is 221 g/mol. The number of rotatable bonds is 6. The molecule has 0 aliphatic heterocycles. The number of Topliss-reactive ketones (excluding diaryl/α,β-unsaturated/α-hetero) is 1. The topological polar surface area (TPSA) is 52.3 Å². The van der Waals surface area contributed by atoms with Gasteiger partial charge in [0.25, 0.3) is 0 Å². The molecule has 0 saturated heterocycles. The van der Waals surface area contributed by atoms with Gasteiger partial charge in [-0.05, 0) is 31.5 Å². The van der Waals surface area contributed by atoms with Crippen LogP contribution in [0.5, 0.6) is 5.75 Å². The normalized spacial score (nSPS) is 12.2. The van der Waals surface area contributed by atoms with E-state index < -0.39 is 0 Å². The molecule has 3 nitrogen and oxygen atoms in total. The number of methoxy groups -OCH3 is 1. The van der Waals surface area contributed by atoms with Crippen molar-refractivity contribution in [1.82, 2.24) is 0 Å². The molecule has 0 saturated carbocycles. The molecule has 0 spiro atoms. The molecular weight excluding hydrogens is 202 g/mol. The van der Waals surface area contributed by atoms with Crippen LogP contribution in [0.15, 0.2) is 24.3 Å². The van der Waals surface area contributed by atoms with Crippen molar-refractivity contribution in [3.8, 4) is 5.75 Å². The fourth-order valence-electron chi connectivity index (χ4n) is 1.62. The van der Waals surface area contributed by atoms with E-state index in [9.17, 15) is 4.79 Å². The van der Waals surface area contributed by atoms with Gasteiger partial charge in [0.15, 0.2) is 5.78 Å². The average Bonchev–Trinajstić information content (AvgIpc) is 2.35. The molecule has 3 heteroatoms. The Bertz CT molecular complexity index is 350. The molecular formula is C13H19NO2. The first-order valence-electron chi connectivity index (χ1n) is 5.57. The minimum absolute atomic E-state index is 0.0238. The second kappa shape index (κ2) is 6.28. The number of ether oxygens (including phenoxy) is 1. The zero-order valence-electron chi connectivity index (χ0n) is 9.90. The van der Waals surface area contributed by atoms with Crippen molar-refractivity contribution in [3.05, 3.63) is 29.8 Å². The number of carbonyl (C=O) groups excluding carboxylic acids is 1. The molecule has 1 rings (SSSR count). The number of ketones is 1. The third-order valence-corrected chi connectivity index (χ3v) is 2.64. The van der Waals surface area contributed by atoms with Gasteiger partial charge in [-0.3, -0.25) is 4.79 Å². The molecule has 0 radical (unpaired) electrons. The Hall–Kier alpha value is -1.35. The Labute approximate surface area is 96.6 Å². The molecule has 88 valence electrons. The summed E-state index contributed by atoms with van der Waals surface area (Å²) in [5, 5.41) is 0. The molecule has 1 aromatic rings. The highest BCUT2D eigenvalue weighted by atomic mass is 16.5. The lowest BCUT2D eigenvalue weighted by atomic mass is 9.95. The summed E-state index contributed by atoms with van der Waals surface area (Å²) in [6.45, 7) is 2.58. The fraction of sp³-hybridized carbons (Fsp3) is 0.462. The van der Waals surface area contributed by atoms with Gasteiger partial charge in [0.1, 0.15) is 5.75 Å². The Morgan fingerprint density at radius 3 is 2.88 bits per heavy atom. The largest absolute Gasteiger partial charge is 0.497 e. The van der Waals surface area contributed by atoms with Gasteiger partial charge in [0, 0.05) is 11.5 Å². The van der Waals surface area contributed by atoms with Crippen LogP contribution in [0.2, 0.25) is 0 Å². The zero-order valence-corrected chi connectivity index (χ0v) is 9.90. The maximum atomic E-state index is 12.0. The van der Waals surface area contributed by atoms with Crippen molar-refractivity contribution in [2.75, 3.05) is 13.7 Å².